The summed E-state index contributed by atoms with van der Waals surface area (Å²) < 4.78 is 32.6. The first kappa shape index (κ1) is 23.0. The molecule has 6 nitrogen and oxygen atoms in total. The van der Waals surface area contributed by atoms with Gasteiger partial charge in [-0.15, -0.1) is 0 Å². The van der Waals surface area contributed by atoms with E-state index in [0.29, 0.717) is 38.2 Å². The minimum Gasteiger partial charge on any atom is -0.496 e. The highest BCUT2D eigenvalue weighted by Gasteiger charge is 2.27. The van der Waals surface area contributed by atoms with Gasteiger partial charge in [0.2, 0.25) is 15.9 Å². The standard InChI is InChI=1S/C20H32N2O4S2/c1-20(2,3)27-14-11-21-19(23)10-7-16-15-17(8-9-18(16)26-4)28(24,25)22-12-5-6-13-22/h8-9,15H,5-7,10-14H2,1-4H3,(H,21,23). The van der Waals surface area contributed by atoms with Crippen molar-refractivity contribution in [1.29, 1.82) is 0 Å². The summed E-state index contributed by atoms with van der Waals surface area (Å²) >= 11 is 1.81. The molecular formula is C20H32N2O4S2. The van der Waals surface area contributed by atoms with E-state index in [0.717, 1.165) is 24.2 Å². The summed E-state index contributed by atoms with van der Waals surface area (Å²) in [4.78, 5) is 12.4. The number of nitrogens with zero attached hydrogens (tertiary/aromatic N) is 1. The number of sulfonamides is 1. The predicted octanol–water partition coefficient (Wildman–Crippen LogP) is 3.06. The minimum absolute atomic E-state index is 0.0376. The van der Waals surface area contributed by atoms with Crippen molar-refractivity contribution in [2.24, 2.45) is 0 Å². The Kier molecular flexibility index (Phi) is 8.21. The Morgan fingerprint density at radius 2 is 1.93 bits per heavy atom. The lowest BCUT2D eigenvalue weighted by Gasteiger charge is -2.18. The van der Waals surface area contributed by atoms with Crippen LogP contribution in [0.25, 0.3) is 0 Å². The van der Waals surface area contributed by atoms with E-state index < -0.39 is 10.0 Å². The summed E-state index contributed by atoms with van der Waals surface area (Å²) in [6.07, 6.45) is 2.53. The predicted molar refractivity (Wildman–Crippen MR) is 115 cm³/mol. The molecule has 1 aromatic carbocycles. The molecule has 0 saturated carbocycles. The number of hydrogen-bond donors (Lipinski definition) is 1. The molecule has 158 valence electrons. The molecule has 1 aromatic rings. The van der Waals surface area contributed by atoms with Gasteiger partial charge in [-0.3, -0.25) is 4.79 Å². The molecule has 0 aliphatic carbocycles. The number of nitrogens with one attached hydrogen (secondary N) is 1. The Morgan fingerprint density at radius 1 is 1.25 bits per heavy atom. The number of hydrogen-bond acceptors (Lipinski definition) is 5. The van der Waals surface area contributed by atoms with Gasteiger partial charge in [-0.05, 0) is 43.0 Å². The van der Waals surface area contributed by atoms with Gasteiger partial charge in [0, 0.05) is 36.6 Å². The molecule has 0 unspecified atom stereocenters. The molecule has 0 spiro atoms. The van der Waals surface area contributed by atoms with Crippen LogP contribution in [0.3, 0.4) is 0 Å². The Labute approximate surface area is 173 Å². The fourth-order valence-electron chi connectivity index (χ4n) is 3.07. The van der Waals surface area contributed by atoms with Crippen LogP contribution in [0.2, 0.25) is 0 Å². The number of carbonyl (C=O) groups excluding carboxylic acids is 1. The molecule has 0 bridgehead atoms. The van der Waals surface area contributed by atoms with Gasteiger partial charge >= 0.3 is 0 Å². The first-order chi connectivity index (χ1) is 13.1. The van der Waals surface area contributed by atoms with Crippen LogP contribution in [0.5, 0.6) is 5.75 Å². The highest BCUT2D eigenvalue weighted by Crippen LogP contribution is 2.27. The van der Waals surface area contributed by atoms with Crippen molar-refractivity contribution >= 4 is 27.7 Å². The molecule has 1 fully saturated rings. The van der Waals surface area contributed by atoms with Crippen LogP contribution in [-0.4, -0.2) is 55.9 Å². The van der Waals surface area contributed by atoms with Crippen LogP contribution in [0.1, 0.15) is 45.6 Å². The maximum atomic E-state index is 12.8. The van der Waals surface area contributed by atoms with Crippen LogP contribution in [-0.2, 0) is 21.2 Å². The molecule has 1 aliphatic rings. The molecule has 28 heavy (non-hydrogen) atoms. The zero-order chi connectivity index (χ0) is 20.8. The van der Waals surface area contributed by atoms with Gasteiger partial charge in [0.25, 0.3) is 0 Å². The average Bonchev–Trinajstić information content (AvgIpc) is 3.18. The summed E-state index contributed by atoms with van der Waals surface area (Å²) in [5, 5.41) is 2.93. The van der Waals surface area contributed by atoms with E-state index in [4.69, 9.17) is 4.74 Å². The van der Waals surface area contributed by atoms with Gasteiger partial charge in [-0.25, -0.2) is 8.42 Å². The van der Waals surface area contributed by atoms with E-state index >= 15 is 0 Å². The summed E-state index contributed by atoms with van der Waals surface area (Å²) in [7, 11) is -1.93. The number of benzene rings is 1. The molecule has 2 rings (SSSR count). The largest absolute Gasteiger partial charge is 0.496 e. The third-order valence-electron chi connectivity index (χ3n) is 4.54. The van der Waals surface area contributed by atoms with E-state index in [2.05, 4.69) is 26.1 Å². The summed E-state index contributed by atoms with van der Waals surface area (Å²) in [6, 6.07) is 4.91. The van der Waals surface area contributed by atoms with Crippen LogP contribution in [0, 0.1) is 0 Å². The summed E-state index contributed by atoms with van der Waals surface area (Å²) in [5.41, 5.74) is 0.738. The monoisotopic (exact) mass is 428 g/mol. The van der Waals surface area contributed by atoms with Crippen molar-refractivity contribution in [3.63, 3.8) is 0 Å². The lowest BCUT2D eigenvalue weighted by molar-refractivity contribution is -0.120. The van der Waals surface area contributed by atoms with Crippen molar-refractivity contribution in [2.75, 3.05) is 32.5 Å². The van der Waals surface area contributed by atoms with E-state index in [1.165, 1.54) is 4.31 Å². The second-order valence-corrected chi connectivity index (χ2v) is 11.8. The third-order valence-corrected chi connectivity index (χ3v) is 7.70. The number of thioether (sulfide) groups is 1. The smallest absolute Gasteiger partial charge is 0.243 e. The molecule has 0 radical (unpaired) electrons. The third kappa shape index (κ3) is 6.67. The average molecular weight is 429 g/mol. The number of amides is 1. The Hall–Kier alpha value is -1.25. The van der Waals surface area contributed by atoms with Crippen LogP contribution >= 0.6 is 11.8 Å². The summed E-state index contributed by atoms with van der Waals surface area (Å²) in [6.45, 7) is 8.21. The van der Waals surface area contributed by atoms with Crippen molar-refractivity contribution in [3.05, 3.63) is 23.8 Å². The second kappa shape index (κ2) is 9.98. The molecule has 0 aromatic heterocycles. The zero-order valence-corrected chi connectivity index (χ0v) is 18.9. The second-order valence-electron chi connectivity index (χ2n) is 7.90. The Bertz CT molecular complexity index is 767. The van der Waals surface area contributed by atoms with E-state index in [1.54, 1.807) is 37.1 Å². The van der Waals surface area contributed by atoms with Gasteiger partial charge < -0.3 is 10.1 Å². The van der Waals surface area contributed by atoms with Crippen LogP contribution in [0.15, 0.2) is 23.1 Å². The number of aryl methyl sites for hydroxylation is 1. The molecule has 1 saturated heterocycles. The molecular weight excluding hydrogens is 396 g/mol. The van der Waals surface area contributed by atoms with Gasteiger partial charge in [0.1, 0.15) is 5.75 Å². The fourth-order valence-corrected chi connectivity index (χ4v) is 5.46. The fraction of sp³-hybridized carbons (Fsp3) is 0.650. The summed E-state index contributed by atoms with van der Waals surface area (Å²) in [5.74, 6) is 1.43. The molecule has 1 amide bonds. The molecule has 0 atom stereocenters. The van der Waals surface area contributed by atoms with Gasteiger partial charge in [0.05, 0.1) is 12.0 Å². The van der Waals surface area contributed by atoms with Crippen molar-refractivity contribution in [1.82, 2.24) is 9.62 Å². The first-order valence-electron chi connectivity index (χ1n) is 9.71. The topological polar surface area (TPSA) is 75.7 Å². The van der Waals surface area contributed by atoms with Gasteiger partial charge in [-0.2, -0.15) is 16.1 Å². The number of carbonyl (C=O) groups is 1. The van der Waals surface area contributed by atoms with Gasteiger partial charge in [0.15, 0.2) is 0 Å². The van der Waals surface area contributed by atoms with Gasteiger partial charge in [-0.1, -0.05) is 20.8 Å². The number of methoxy groups -OCH3 is 1. The van der Waals surface area contributed by atoms with E-state index in [1.807, 2.05) is 0 Å². The van der Waals surface area contributed by atoms with Crippen molar-refractivity contribution < 1.29 is 17.9 Å². The van der Waals surface area contributed by atoms with Crippen LogP contribution < -0.4 is 10.1 Å². The normalized spacial score (nSPS) is 15.6. The molecule has 1 aliphatic heterocycles. The lowest BCUT2D eigenvalue weighted by atomic mass is 10.1. The maximum absolute atomic E-state index is 12.8. The van der Waals surface area contributed by atoms with Crippen LogP contribution in [0.4, 0.5) is 0 Å². The molecule has 8 heteroatoms. The quantitative estimate of drug-likeness (QED) is 0.612. The lowest BCUT2D eigenvalue weighted by Crippen LogP contribution is -2.28. The van der Waals surface area contributed by atoms with Crippen molar-refractivity contribution in [2.45, 2.75) is 56.1 Å². The SMILES string of the molecule is COc1ccc(S(=O)(=O)N2CCCC2)cc1CCC(=O)NCCSC(C)(C)C. The first-order valence-corrected chi connectivity index (χ1v) is 12.1. The molecule has 1 N–H and O–H groups in total. The van der Waals surface area contributed by atoms with Crippen molar-refractivity contribution in [3.8, 4) is 5.75 Å². The minimum atomic E-state index is -3.48. The zero-order valence-electron chi connectivity index (χ0n) is 17.3. The highest BCUT2D eigenvalue weighted by atomic mass is 32.2. The Balaban J connectivity index is 1.97. The van der Waals surface area contributed by atoms with E-state index in [-0.39, 0.29) is 15.5 Å². The molecule has 1 heterocycles. The maximum Gasteiger partial charge on any atom is 0.243 e. The highest BCUT2D eigenvalue weighted by molar-refractivity contribution is 8.00. The van der Waals surface area contributed by atoms with E-state index in [9.17, 15) is 13.2 Å². The number of ether oxygens (including phenoxy) is 1. The number of rotatable bonds is 9. The Morgan fingerprint density at radius 3 is 2.54 bits per heavy atom.